The van der Waals surface area contributed by atoms with Crippen LogP contribution in [-0.4, -0.2) is 32.9 Å². The van der Waals surface area contributed by atoms with Crippen LogP contribution < -0.4 is 0 Å². The first-order valence-electron chi connectivity index (χ1n) is 5.31. The number of phenols is 1. The summed E-state index contributed by atoms with van der Waals surface area (Å²) in [6, 6.07) is 3.13. The van der Waals surface area contributed by atoms with Crippen LogP contribution in [0.15, 0.2) is 23.3 Å². The highest BCUT2D eigenvalue weighted by Gasteiger charge is 2.23. The average molecular weight is 268 g/mol. The third-order valence-electron chi connectivity index (χ3n) is 2.49. The molecule has 0 heterocycles. The molecule has 0 radical (unpaired) electrons. The number of nitro groups is 1. The highest BCUT2D eigenvalue weighted by molar-refractivity contribution is 5.44. The van der Waals surface area contributed by atoms with Gasteiger partial charge in [-0.05, 0) is 18.0 Å². The second-order valence-electron chi connectivity index (χ2n) is 3.76. The lowest BCUT2D eigenvalue weighted by Crippen LogP contribution is -2.19. The number of rotatable bonds is 6. The lowest BCUT2D eigenvalue weighted by Gasteiger charge is -2.18. The second-order valence-corrected chi connectivity index (χ2v) is 3.76. The van der Waals surface area contributed by atoms with E-state index in [1.165, 1.54) is 0 Å². The molecule has 0 aliphatic rings. The minimum Gasteiger partial charge on any atom is -0.508 e. The Bertz CT molecular complexity index is 515. The number of nitrogens with zero attached hydrogens (tertiary/aromatic N) is 4. The van der Waals surface area contributed by atoms with Crippen molar-refractivity contribution in [1.82, 2.24) is 0 Å². The van der Waals surface area contributed by atoms with E-state index in [0.29, 0.717) is 0 Å². The van der Waals surface area contributed by atoms with Gasteiger partial charge in [0.1, 0.15) is 11.9 Å². The highest BCUT2D eigenvalue weighted by Crippen LogP contribution is 2.30. The lowest BCUT2D eigenvalue weighted by molar-refractivity contribution is -0.385. The third kappa shape index (κ3) is 3.81. The maximum Gasteiger partial charge on any atom is 0.270 e. The molecule has 1 aromatic rings. The fourth-order valence-electron chi connectivity index (χ4n) is 1.49. The molecule has 0 aliphatic heterocycles. The molecule has 0 saturated heterocycles. The van der Waals surface area contributed by atoms with E-state index in [-0.39, 0.29) is 30.0 Å². The Morgan fingerprint density at radius 3 is 2.74 bits per heavy atom. The van der Waals surface area contributed by atoms with Crippen LogP contribution in [0.2, 0.25) is 0 Å². The molecule has 1 aromatic carbocycles. The van der Waals surface area contributed by atoms with Gasteiger partial charge in [-0.25, -0.2) is 0 Å². The molecule has 19 heavy (non-hydrogen) atoms. The van der Waals surface area contributed by atoms with Gasteiger partial charge in [0.25, 0.3) is 5.69 Å². The zero-order valence-electron chi connectivity index (χ0n) is 9.75. The summed E-state index contributed by atoms with van der Waals surface area (Å²) in [5.74, 6) is -0.360. The number of benzene rings is 1. The van der Waals surface area contributed by atoms with Gasteiger partial charge in [-0.3, -0.25) is 10.1 Å². The minimum atomic E-state index is -1.51. The van der Waals surface area contributed by atoms with Crippen LogP contribution in [0.1, 0.15) is 18.1 Å². The van der Waals surface area contributed by atoms with Crippen molar-refractivity contribution < 1.29 is 20.2 Å². The van der Waals surface area contributed by atoms with Crippen LogP contribution in [0.25, 0.3) is 10.4 Å². The number of phenolic OH excluding ortho intramolecular Hbond substituents is 1. The van der Waals surface area contributed by atoms with Crippen LogP contribution in [0.4, 0.5) is 5.69 Å². The van der Waals surface area contributed by atoms with E-state index < -0.39 is 17.1 Å². The van der Waals surface area contributed by atoms with Crippen molar-refractivity contribution >= 4 is 5.69 Å². The van der Waals surface area contributed by atoms with Gasteiger partial charge in [0.2, 0.25) is 0 Å². The summed E-state index contributed by atoms with van der Waals surface area (Å²) in [5, 5.41) is 42.8. The topological polar surface area (TPSA) is 153 Å². The molecule has 9 heteroatoms. The number of non-ortho nitro benzene ring substituents is 1. The molecule has 102 valence electrons. The summed E-state index contributed by atoms with van der Waals surface area (Å²) in [6.45, 7) is -0.0373. The molecule has 2 unspecified atom stereocenters. The molecule has 3 N–H and O–H groups in total. The van der Waals surface area contributed by atoms with Crippen LogP contribution in [-0.2, 0) is 0 Å². The lowest BCUT2D eigenvalue weighted by atomic mass is 10.0. The quantitative estimate of drug-likeness (QED) is 0.234. The molecule has 0 aromatic heterocycles. The number of nitro benzene ring substituents is 1. The van der Waals surface area contributed by atoms with Gasteiger partial charge in [-0.2, -0.15) is 0 Å². The monoisotopic (exact) mass is 268 g/mol. The van der Waals surface area contributed by atoms with Crippen molar-refractivity contribution in [3.63, 3.8) is 0 Å². The summed E-state index contributed by atoms with van der Waals surface area (Å²) < 4.78 is 0. The Morgan fingerprint density at radius 1 is 1.47 bits per heavy atom. The normalized spacial score (nSPS) is 13.4. The van der Waals surface area contributed by atoms with Crippen LogP contribution in [0.3, 0.4) is 0 Å². The van der Waals surface area contributed by atoms with Gasteiger partial charge in [0.05, 0.1) is 11.0 Å². The summed E-state index contributed by atoms with van der Waals surface area (Å²) in [6.07, 6.45) is -2.85. The molecular weight excluding hydrogens is 256 g/mol. The Hall–Kier alpha value is -2.35. The summed E-state index contributed by atoms with van der Waals surface area (Å²) in [5.41, 5.74) is 7.61. The second kappa shape index (κ2) is 6.55. The fraction of sp³-hybridized carbons (Fsp3) is 0.400. The van der Waals surface area contributed by atoms with E-state index in [2.05, 4.69) is 10.0 Å². The van der Waals surface area contributed by atoms with Gasteiger partial charge in [-0.1, -0.05) is 5.11 Å². The molecule has 0 amide bonds. The van der Waals surface area contributed by atoms with Crippen LogP contribution >= 0.6 is 0 Å². The number of hydrogen-bond donors (Lipinski definition) is 3. The van der Waals surface area contributed by atoms with Gasteiger partial charge >= 0.3 is 0 Å². The Kier molecular flexibility index (Phi) is 5.07. The number of aromatic hydroxyl groups is 1. The largest absolute Gasteiger partial charge is 0.508 e. The third-order valence-corrected chi connectivity index (χ3v) is 2.49. The molecule has 0 bridgehead atoms. The van der Waals surface area contributed by atoms with E-state index in [4.69, 9.17) is 5.53 Å². The van der Waals surface area contributed by atoms with Crippen molar-refractivity contribution in [3.8, 4) is 5.75 Å². The molecule has 0 aliphatic carbocycles. The summed E-state index contributed by atoms with van der Waals surface area (Å²) in [4.78, 5) is 12.4. The van der Waals surface area contributed by atoms with E-state index >= 15 is 0 Å². The molecule has 0 saturated carbocycles. The Labute approximate surface area is 107 Å². The van der Waals surface area contributed by atoms with Crippen molar-refractivity contribution in [1.29, 1.82) is 0 Å². The molecule has 2 atom stereocenters. The maximum absolute atomic E-state index is 10.6. The van der Waals surface area contributed by atoms with Crippen LogP contribution in [0, 0.1) is 10.1 Å². The molecule has 0 spiro atoms. The Morgan fingerprint density at radius 2 is 2.16 bits per heavy atom. The average Bonchev–Trinajstić information content (AvgIpc) is 2.38. The highest BCUT2D eigenvalue weighted by atomic mass is 16.6. The molecular formula is C10H12N4O5. The SMILES string of the molecule is [N-]=[N+]=NCCC(O)C(O)c1cc([N+](=O)[O-])ccc1O. The number of azide groups is 1. The smallest absolute Gasteiger partial charge is 0.270 e. The summed E-state index contributed by atoms with van der Waals surface area (Å²) >= 11 is 0. The van der Waals surface area contributed by atoms with E-state index in [1.807, 2.05) is 0 Å². The van der Waals surface area contributed by atoms with E-state index in [0.717, 1.165) is 18.2 Å². The number of hydrogen-bond acceptors (Lipinski definition) is 6. The van der Waals surface area contributed by atoms with Gasteiger partial charge in [-0.15, -0.1) is 0 Å². The van der Waals surface area contributed by atoms with Crippen LogP contribution in [0.5, 0.6) is 5.75 Å². The zero-order valence-corrected chi connectivity index (χ0v) is 9.75. The van der Waals surface area contributed by atoms with Crippen molar-refractivity contribution in [2.24, 2.45) is 5.11 Å². The van der Waals surface area contributed by atoms with Crippen molar-refractivity contribution in [2.45, 2.75) is 18.6 Å². The molecule has 1 rings (SSSR count). The number of aliphatic hydroxyl groups is 2. The molecule has 0 fully saturated rings. The predicted octanol–water partition coefficient (Wildman–Crippen LogP) is 1.40. The Balaban J connectivity index is 2.91. The van der Waals surface area contributed by atoms with Gasteiger partial charge < -0.3 is 15.3 Å². The molecule has 9 nitrogen and oxygen atoms in total. The first-order chi connectivity index (χ1) is 8.97. The summed E-state index contributed by atoms with van der Waals surface area (Å²) in [7, 11) is 0. The van der Waals surface area contributed by atoms with Crippen molar-refractivity contribution in [2.75, 3.05) is 6.54 Å². The van der Waals surface area contributed by atoms with Gasteiger partial charge in [0, 0.05) is 29.2 Å². The number of aliphatic hydroxyl groups excluding tert-OH is 2. The minimum absolute atomic E-state index is 0.0344. The van der Waals surface area contributed by atoms with Crippen molar-refractivity contribution in [3.05, 3.63) is 44.3 Å². The standard InChI is InChI=1S/C10H12N4O5/c11-13-12-4-3-9(16)10(17)7-5-6(14(18)19)1-2-8(7)15/h1-2,5,9-10,15-17H,3-4H2. The zero-order chi connectivity index (χ0) is 14.4. The fourth-order valence-corrected chi connectivity index (χ4v) is 1.49. The first-order valence-corrected chi connectivity index (χ1v) is 5.31. The predicted molar refractivity (Wildman–Crippen MR) is 64.4 cm³/mol. The van der Waals surface area contributed by atoms with Gasteiger partial charge in [0.15, 0.2) is 0 Å². The van der Waals surface area contributed by atoms with E-state index in [1.54, 1.807) is 0 Å². The maximum atomic E-state index is 10.6. The van der Waals surface area contributed by atoms with E-state index in [9.17, 15) is 25.4 Å². The first kappa shape index (κ1) is 14.7.